The molecule has 0 saturated carbocycles. The zero-order valence-corrected chi connectivity index (χ0v) is 16.1. The quantitative estimate of drug-likeness (QED) is 0.221. The molecule has 3 rings (SSSR count). The zero-order valence-electron chi connectivity index (χ0n) is 14.7. The molecule has 0 atom stereocenters. The maximum absolute atomic E-state index is 10.9. The van der Waals surface area contributed by atoms with Gasteiger partial charge in [-0.05, 0) is 38.0 Å². The number of imidazole rings is 1. The summed E-state index contributed by atoms with van der Waals surface area (Å²) < 4.78 is 3.66. The largest absolute Gasteiger partial charge is 1.00 e. The van der Waals surface area contributed by atoms with Gasteiger partial charge in [-0.2, -0.15) is 0 Å². The Hall–Kier alpha value is -2.41. The van der Waals surface area contributed by atoms with Crippen LogP contribution in [0.2, 0.25) is 0 Å². The fraction of sp³-hybridized carbons (Fsp3) is 0.211. The number of non-ortho nitro benzene ring substituents is 1. The number of aromatic nitrogens is 2. The normalized spacial score (nSPS) is 10.4. The number of rotatable bonds is 4. The van der Waals surface area contributed by atoms with Crippen molar-refractivity contribution in [1.29, 1.82) is 0 Å². The molecule has 0 amide bonds. The molecule has 0 aliphatic rings. The van der Waals surface area contributed by atoms with Crippen LogP contribution < -0.4 is 4.57 Å². The summed E-state index contributed by atoms with van der Waals surface area (Å²) >= 11 is 0. The van der Waals surface area contributed by atoms with E-state index in [9.17, 15) is 15.2 Å². The topological polar surface area (TPSA) is 72.2 Å². The number of nitro groups is 1. The Morgan fingerprint density at radius 3 is 2.46 bits per heavy atom. The predicted octanol–water partition coefficient (Wildman–Crippen LogP) is 3.15. The van der Waals surface area contributed by atoms with Crippen molar-refractivity contribution in [2.45, 2.75) is 27.3 Å². The van der Waals surface area contributed by atoms with Crippen LogP contribution in [0.25, 0.3) is 5.69 Å². The van der Waals surface area contributed by atoms with E-state index in [0.29, 0.717) is 12.1 Å². The molecule has 1 N–H and O–H groups in total. The summed E-state index contributed by atoms with van der Waals surface area (Å²) in [6, 6.07) is 8.26. The number of nitrogens with zero attached hydrogens (tertiary/aromatic N) is 3. The molecule has 0 saturated heterocycles. The molecular formula is C19H19AgN3O3+. The molecule has 3 aromatic rings. The molecule has 0 bridgehead atoms. The third-order valence-corrected chi connectivity index (χ3v) is 4.12. The van der Waals surface area contributed by atoms with Gasteiger partial charge in [0.25, 0.3) is 5.69 Å². The Bertz CT molecular complexity index is 943. The number of phenols is 1. The summed E-state index contributed by atoms with van der Waals surface area (Å²) in [6.45, 7) is 6.47. The smallest absolute Gasteiger partial charge is 0.508 e. The van der Waals surface area contributed by atoms with E-state index in [2.05, 4.69) is 39.2 Å². The summed E-state index contributed by atoms with van der Waals surface area (Å²) in [5.41, 5.74) is 5.00. The van der Waals surface area contributed by atoms with Crippen LogP contribution >= 0.6 is 0 Å². The third-order valence-electron chi connectivity index (χ3n) is 4.12. The van der Waals surface area contributed by atoms with Gasteiger partial charge in [-0.25, -0.2) is 0 Å². The standard InChI is InChI=1S/C19H19N3O3.Ag/c1-13-8-14(2)19(15(3)9-13)21-7-6-20(12-21)11-16-10-17(22(24)25)4-5-18(16)23;/h4-10,23H,11H2,1-3H3;/q;+1. The summed E-state index contributed by atoms with van der Waals surface area (Å²) in [4.78, 5) is 10.4. The number of phenolic OH excluding ortho intramolecular Hbond substituents is 1. The maximum Gasteiger partial charge on any atom is 1.00 e. The second-order valence-corrected chi connectivity index (χ2v) is 6.21. The van der Waals surface area contributed by atoms with E-state index >= 15 is 0 Å². The Labute approximate surface area is 167 Å². The van der Waals surface area contributed by atoms with E-state index in [1.54, 1.807) is 4.57 Å². The molecule has 7 heteroatoms. The molecule has 138 valence electrons. The second kappa shape index (κ2) is 7.87. The molecule has 2 aromatic carbocycles. The molecule has 0 fully saturated rings. The average molecular weight is 445 g/mol. The Morgan fingerprint density at radius 1 is 1.19 bits per heavy atom. The van der Waals surface area contributed by atoms with Crippen molar-refractivity contribution in [3.05, 3.63) is 81.4 Å². The molecule has 0 spiro atoms. The van der Waals surface area contributed by atoms with E-state index in [1.165, 1.54) is 23.8 Å². The molecule has 0 radical (unpaired) electrons. The van der Waals surface area contributed by atoms with E-state index < -0.39 is 4.92 Å². The average Bonchev–Trinajstić information content (AvgIpc) is 2.96. The van der Waals surface area contributed by atoms with E-state index in [-0.39, 0.29) is 33.8 Å². The van der Waals surface area contributed by atoms with E-state index in [4.69, 9.17) is 0 Å². The van der Waals surface area contributed by atoms with Gasteiger partial charge in [-0.15, -0.1) is 0 Å². The first kappa shape index (κ1) is 19.9. The first-order valence-corrected chi connectivity index (χ1v) is 7.90. The zero-order chi connectivity index (χ0) is 18.1. The van der Waals surface area contributed by atoms with Crippen molar-refractivity contribution in [3.63, 3.8) is 0 Å². The van der Waals surface area contributed by atoms with Gasteiger partial charge in [0.05, 0.1) is 10.6 Å². The number of aryl methyl sites for hydroxylation is 3. The van der Waals surface area contributed by atoms with Gasteiger partial charge in [-0.1, -0.05) is 17.7 Å². The molecule has 0 unspecified atom stereocenters. The molecular weight excluding hydrogens is 426 g/mol. The first-order chi connectivity index (χ1) is 11.8. The summed E-state index contributed by atoms with van der Waals surface area (Å²) in [6.07, 6.45) is 6.93. The Morgan fingerprint density at radius 2 is 1.85 bits per heavy atom. The molecule has 0 aliphatic heterocycles. The minimum absolute atomic E-state index is 0. The number of hydrogen-bond acceptors (Lipinski definition) is 3. The van der Waals surface area contributed by atoms with Crippen LogP contribution in [0.4, 0.5) is 5.69 Å². The fourth-order valence-corrected chi connectivity index (χ4v) is 3.11. The SMILES string of the molecule is Cc1cc(C)c(-n2[c-][n+](Cc3cc([N+](=O)[O-])ccc3O)cc2)c(C)c1.[Ag+]. The number of benzene rings is 2. The summed E-state index contributed by atoms with van der Waals surface area (Å²) in [7, 11) is 0. The van der Waals surface area contributed by atoms with Crippen molar-refractivity contribution >= 4 is 5.69 Å². The minimum Gasteiger partial charge on any atom is -0.508 e. The number of hydrogen-bond donors (Lipinski definition) is 1. The van der Waals surface area contributed by atoms with Crippen molar-refractivity contribution in [1.82, 2.24) is 4.57 Å². The van der Waals surface area contributed by atoms with Crippen LogP contribution in [0, 0.1) is 37.2 Å². The van der Waals surface area contributed by atoms with Crippen molar-refractivity contribution in [2.75, 3.05) is 0 Å². The Balaban J connectivity index is 0.00000243. The fourth-order valence-electron chi connectivity index (χ4n) is 3.11. The van der Waals surface area contributed by atoms with Crippen molar-refractivity contribution < 1.29 is 37.0 Å². The number of nitro benzene ring substituents is 1. The molecule has 26 heavy (non-hydrogen) atoms. The van der Waals surface area contributed by atoms with Crippen molar-refractivity contribution in [2.24, 2.45) is 0 Å². The van der Waals surface area contributed by atoms with Gasteiger partial charge in [0.15, 0.2) is 0 Å². The van der Waals surface area contributed by atoms with Crippen LogP contribution in [-0.2, 0) is 28.9 Å². The molecule has 6 nitrogen and oxygen atoms in total. The van der Waals surface area contributed by atoms with Crippen LogP contribution in [0.15, 0.2) is 42.7 Å². The van der Waals surface area contributed by atoms with Crippen LogP contribution in [-0.4, -0.2) is 14.6 Å². The molecule has 1 aromatic heterocycles. The van der Waals surface area contributed by atoms with Crippen LogP contribution in [0.3, 0.4) is 0 Å². The third kappa shape index (κ3) is 4.04. The van der Waals surface area contributed by atoms with Crippen molar-refractivity contribution in [3.8, 4) is 11.4 Å². The molecule has 0 aliphatic carbocycles. The van der Waals surface area contributed by atoms with Crippen LogP contribution in [0.5, 0.6) is 5.75 Å². The monoisotopic (exact) mass is 444 g/mol. The predicted molar refractivity (Wildman–Crippen MR) is 92.9 cm³/mol. The second-order valence-electron chi connectivity index (χ2n) is 6.21. The number of aromatic hydroxyl groups is 1. The van der Waals surface area contributed by atoms with Gasteiger partial charge in [0.1, 0.15) is 12.3 Å². The Kier molecular flexibility index (Phi) is 6.02. The van der Waals surface area contributed by atoms with Gasteiger partial charge >= 0.3 is 22.4 Å². The van der Waals surface area contributed by atoms with Gasteiger partial charge in [0.2, 0.25) is 6.33 Å². The minimum atomic E-state index is -0.471. The summed E-state index contributed by atoms with van der Waals surface area (Å²) in [5.74, 6) is 0.0296. The van der Waals surface area contributed by atoms with Gasteiger partial charge in [0, 0.05) is 30.1 Å². The maximum atomic E-state index is 10.9. The van der Waals surface area contributed by atoms with Gasteiger partial charge < -0.3 is 14.2 Å². The molecule has 1 heterocycles. The van der Waals surface area contributed by atoms with Gasteiger partial charge in [-0.3, -0.25) is 10.1 Å². The van der Waals surface area contributed by atoms with Crippen LogP contribution in [0.1, 0.15) is 22.3 Å². The van der Waals surface area contributed by atoms with E-state index in [1.807, 2.05) is 17.0 Å². The first-order valence-electron chi connectivity index (χ1n) is 7.90. The van der Waals surface area contributed by atoms with E-state index in [0.717, 1.165) is 16.8 Å². The summed E-state index contributed by atoms with van der Waals surface area (Å²) in [5, 5.41) is 20.9.